The lowest BCUT2D eigenvalue weighted by atomic mass is 10.1. The van der Waals surface area contributed by atoms with Gasteiger partial charge in [0.15, 0.2) is 0 Å². The third kappa shape index (κ3) is 2.37. The largest absolute Gasteiger partial charge is 0.481 e. The van der Waals surface area contributed by atoms with E-state index in [2.05, 4.69) is 36.3 Å². The van der Waals surface area contributed by atoms with Crippen molar-refractivity contribution < 1.29 is 4.74 Å². The van der Waals surface area contributed by atoms with E-state index in [1.165, 1.54) is 6.33 Å². The smallest absolute Gasteiger partial charge is 0.216 e. The van der Waals surface area contributed by atoms with E-state index in [1.54, 1.807) is 24.1 Å². The first-order chi connectivity index (χ1) is 8.67. The number of rotatable bonds is 4. The highest BCUT2D eigenvalue weighted by atomic mass is 79.9. The monoisotopic (exact) mass is 311 g/mol. The Bertz CT molecular complexity index is 522. The zero-order valence-corrected chi connectivity index (χ0v) is 12.0. The summed E-state index contributed by atoms with van der Waals surface area (Å²) < 4.78 is 7.85. The van der Waals surface area contributed by atoms with Crippen molar-refractivity contribution in [3.05, 3.63) is 34.5 Å². The molecular formula is C11H14BrN5O. The third-order valence-corrected chi connectivity index (χ3v) is 3.28. The summed E-state index contributed by atoms with van der Waals surface area (Å²) in [5, 5.41) is 7.43. The predicted octanol–water partition coefficient (Wildman–Crippen LogP) is 1.29. The summed E-state index contributed by atoms with van der Waals surface area (Å²) in [7, 11) is 5.35. The molecular weight excluding hydrogens is 298 g/mol. The second-order valence-corrected chi connectivity index (χ2v) is 4.56. The highest BCUT2D eigenvalue weighted by Crippen LogP contribution is 2.27. The van der Waals surface area contributed by atoms with E-state index < -0.39 is 0 Å². The van der Waals surface area contributed by atoms with Crippen LogP contribution in [-0.4, -0.2) is 33.9 Å². The van der Waals surface area contributed by atoms with Gasteiger partial charge in [0.2, 0.25) is 5.88 Å². The Balaban J connectivity index is 2.45. The Morgan fingerprint density at radius 2 is 2.22 bits per heavy atom. The molecule has 96 valence electrons. The fraction of sp³-hybridized carbons (Fsp3) is 0.364. The molecule has 1 unspecified atom stereocenters. The Hall–Kier alpha value is -1.47. The van der Waals surface area contributed by atoms with Crippen molar-refractivity contribution in [2.45, 2.75) is 6.04 Å². The van der Waals surface area contributed by atoms with Crippen molar-refractivity contribution in [3.8, 4) is 5.88 Å². The van der Waals surface area contributed by atoms with Gasteiger partial charge in [0.25, 0.3) is 0 Å². The van der Waals surface area contributed by atoms with Gasteiger partial charge in [-0.3, -0.25) is 4.68 Å². The SMILES string of the molecule is CNC(c1cc(OC)ncn1)c1c(Br)cnn1C. The number of hydrogen-bond donors (Lipinski definition) is 1. The Morgan fingerprint density at radius 1 is 1.44 bits per heavy atom. The van der Waals surface area contributed by atoms with Crippen molar-refractivity contribution >= 4 is 15.9 Å². The molecule has 18 heavy (non-hydrogen) atoms. The summed E-state index contributed by atoms with van der Waals surface area (Å²) in [6.07, 6.45) is 3.25. The summed E-state index contributed by atoms with van der Waals surface area (Å²) in [5.41, 5.74) is 1.83. The maximum absolute atomic E-state index is 5.11. The highest BCUT2D eigenvalue weighted by Gasteiger charge is 2.21. The van der Waals surface area contributed by atoms with Crippen molar-refractivity contribution in [1.29, 1.82) is 0 Å². The van der Waals surface area contributed by atoms with E-state index in [4.69, 9.17) is 4.74 Å². The van der Waals surface area contributed by atoms with Gasteiger partial charge in [0, 0.05) is 13.1 Å². The molecule has 0 aliphatic rings. The summed E-state index contributed by atoms with van der Waals surface area (Å²) in [6.45, 7) is 0. The molecule has 2 rings (SSSR count). The first kappa shape index (κ1) is 13.0. The zero-order valence-electron chi connectivity index (χ0n) is 10.4. The maximum Gasteiger partial charge on any atom is 0.216 e. The van der Waals surface area contributed by atoms with Crippen LogP contribution < -0.4 is 10.1 Å². The minimum atomic E-state index is -0.0798. The Kier molecular flexibility index (Phi) is 3.93. The lowest BCUT2D eigenvalue weighted by Gasteiger charge is -2.17. The van der Waals surface area contributed by atoms with Crippen LogP contribution in [-0.2, 0) is 7.05 Å². The molecule has 2 heterocycles. The first-order valence-electron chi connectivity index (χ1n) is 5.38. The van der Waals surface area contributed by atoms with Crippen LogP contribution >= 0.6 is 15.9 Å². The molecule has 1 atom stereocenters. The topological polar surface area (TPSA) is 64.9 Å². The van der Waals surface area contributed by atoms with Gasteiger partial charge in [-0.05, 0) is 23.0 Å². The summed E-state index contributed by atoms with van der Waals surface area (Å²) in [4.78, 5) is 8.29. The molecule has 2 aromatic heterocycles. The van der Waals surface area contributed by atoms with Crippen molar-refractivity contribution in [2.24, 2.45) is 7.05 Å². The molecule has 0 aliphatic heterocycles. The van der Waals surface area contributed by atoms with Gasteiger partial charge in [-0.2, -0.15) is 5.10 Å². The van der Waals surface area contributed by atoms with Crippen LogP contribution in [0, 0.1) is 0 Å². The minimum absolute atomic E-state index is 0.0798. The summed E-state index contributed by atoms with van der Waals surface area (Å²) in [5.74, 6) is 0.540. The van der Waals surface area contributed by atoms with Crippen LogP contribution in [0.4, 0.5) is 0 Å². The number of methoxy groups -OCH3 is 1. The molecule has 0 fully saturated rings. The molecule has 0 amide bonds. The average Bonchev–Trinajstić information content (AvgIpc) is 2.72. The molecule has 0 aromatic carbocycles. The molecule has 0 radical (unpaired) electrons. The van der Waals surface area contributed by atoms with Gasteiger partial charge in [0.05, 0.1) is 35.2 Å². The fourth-order valence-electron chi connectivity index (χ4n) is 1.79. The standard InChI is InChI=1S/C11H14BrN5O/c1-13-10(11-7(12)5-16-17(11)2)8-4-9(18-3)15-6-14-8/h4-6,10,13H,1-3H3. The number of aromatic nitrogens is 4. The van der Waals surface area contributed by atoms with Gasteiger partial charge >= 0.3 is 0 Å². The van der Waals surface area contributed by atoms with Crippen LogP contribution in [0.3, 0.4) is 0 Å². The van der Waals surface area contributed by atoms with Crippen molar-refractivity contribution in [1.82, 2.24) is 25.1 Å². The second-order valence-electron chi connectivity index (χ2n) is 3.71. The number of aryl methyl sites for hydroxylation is 1. The van der Waals surface area contributed by atoms with E-state index in [0.717, 1.165) is 15.9 Å². The predicted molar refractivity (Wildman–Crippen MR) is 70.4 cm³/mol. The number of halogens is 1. The van der Waals surface area contributed by atoms with E-state index in [1.807, 2.05) is 14.1 Å². The van der Waals surface area contributed by atoms with Crippen molar-refractivity contribution in [3.63, 3.8) is 0 Å². The Morgan fingerprint density at radius 3 is 2.78 bits per heavy atom. The van der Waals surface area contributed by atoms with Gasteiger partial charge in [-0.15, -0.1) is 0 Å². The molecule has 0 saturated heterocycles. The lowest BCUT2D eigenvalue weighted by Crippen LogP contribution is -2.22. The van der Waals surface area contributed by atoms with Crippen LogP contribution in [0.2, 0.25) is 0 Å². The molecule has 0 aliphatic carbocycles. The molecule has 0 bridgehead atoms. The molecule has 2 aromatic rings. The lowest BCUT2D eigenvalue weighted by molar-refractivity contribution is 0.395. The molecule has 0 spiro atoms. The zero-order chi connectivity index (χ0) is 13.1. The number of nitrogens with zero attached hydrogens (tertiary/aromatic N) is 4. The maximum atomic E-state index is 5.11. The van der Waals surface area contributed by atoms with E-state index in [-0.39, 0.29) is 6.04 Å². The molecule has 7 heteroatoms. The highest BCUT2D eigenvalue weighted by molar-refractivity contribution is 9.10. The van der Waals surface area contributed by atoms with Crippen LogP contribution in [0.25, 0.3) is 0 Å². The fourth-order valence-corrected chi connectivity index (χ4v) is 2.37. The minimum Gasteiger partial charge on any atom is -0.481 e. The summed E-state index contributed by atoms with van der Waals surface area (Å²) in [6, 6.07) is 1.73. The van der Waals surface area contributed by atoms with Crippen LogP contribution in [0.1, 0.15) is 17.4 Å². The normalized spacial score (nSPS) is 12.4. The van der Waals surface area contributed by atoms with Gasteiger partial charge < -0.3 is 10.1 Å². The van der Waals surface area contributed by atoms with Gasteiger partial charge in [0.1, 0.15) is 6.33 Å². The number of nitrogens with one attached hydrogen (secondary N) is 1. The molecule has 6 nitrogen and oxygen atoms in total. The van der Waals surface area contributed by atoms with Gasteiger partial charge in [-0.25, -0.2) is 9.97 Å². The third-order valence-electron chi connectivity index (χ3n) is 2.67. The van der Waals surface area contributed by atoms with E-state index in [9.17, 15) is 0 Å². The Labute approximate surface area is 114 Å². The second kappa shape index (κ2) is 5.45. The molecule has 0 saturated carbocycles. The average molecular weight is 312 g/mol. The van der Waals surface area contributed by atoms with E-state index >= 15 is 0 Å². The number of ether oxygens (including phenoxy) is 1. The quantitative estimate of drug-likeness (QED) is 0.921. The van der Waals surface area contributed by atoms with Crippen molar-refractivity contribution in [2.75, 3.05) is 14.2 Å². The van der Waals surface area contributed by atoms with Crippen LogP contribution in [0.5, 0.6) is 5.88 Å². The molecule has 1 N–H and O–H groups in total. The van der Waals surface area contributed by atoms with E-state index in [0.29, 0.717) is 5.88 Å². The first-order valence-corrected chi connectivity index (χ1v) is 6.17. The summed E-state index contributed by atoms with van der Waals surface area (Å²) >= 11 is 3.49. The number of hydrogen-bond acceptors (Lipinski definition) is 5. The van der Waals surface area contributed by atoms with Gasteiger partial charge in [-0.1, -0.05) is 0 Å². The van der Waals surface area contributed by atoms with Crippen LogP contribution in [0.15, 0.2) is 23.1 Å².